The molecule has 5 heteroatoms. The van der Waals surface area contributed by atoms with Gasteiger partial charge in [0.25, 0.3) is 0 Å². The molecule has 1 aromatic rings. The molecular formula is C14H15BrN2O2. The van der Waals surface area contributed by atoms with E-state index in [1.165, 1.54) is 0 Å². The molecule has 0 heterocycles. The predicted molar refractivity (Wildman–Crippen MR) is 77.2 cm³/mol. The average Bonchev–Trinajstić information content (AvgIpc) is 2.32. The summed E-state index contributed by atoms with van der Waals surface area (Å²) in [6.45, 7) is 1.92. The number of carbonyl (C=O) groups excluding carboxylic acids is 2. The molecule has 0 aliphatic heterocycles. The number of amides is 2. The van der Waals surface area contributed by atoms with Crippen LogP contribution in [0.3, 0.4) is 0 Å². The first-order valence-electron chi connectivity index (χ1n) is 5.71. The maximum Gasteiger partial charge on any atom is 0.240 e. The summed E-state index contributed by atoms with van der Waals surface area (Å²) in [4.78, 5) is 22.9. The first kappa shape index (κ1) is 15.3. The van der Waals surface area contributed by atoms with Crippen molar-refractivity contribution in [2.75, 3.05) is 0 Å². The SMILES string of the molecule is C#CC[C@@H](NC(=O)Cc1ccc(Br)cc1C)C(N)=O. The van der Waals surface area contributed by atoms with E-state index >= 15 is 0 Å². The van der Waals surface area contributed by atoms with Crippen LogP contribution in [-0.4, -0.2) is 17.9 Å². The summed E-state index contributed by atoms with van der Waals surface area (Å²) in [5.41, 5.74) is 7.05. The van der Waals surface area contributed by atoms with Gasteiger partial charge in [0.2, 0.25) is 11.8 Å². The molecule has 19 heavy (non-hydrogen) atoms. The van der Waals surface area contributed by atoms with Gasteiger partial charge < -0.3 is 11.1 Å². The Kier molecular flexibility index (Phi) is 5.58. The topological polar surface area (TPSA) is 72.2 Å². The molecule has 0 spiro atoms. The van der Waals surface area contributed by atoms with Crippen molar-refractivity contribution in [1.82, 2.24) is 5.32 Å². The van der Waals surface area contributed by atoms with Gasteiger partial charge in [-0.15, -0.1) is 12.3 Å². The van der Waals surface area contributed by atoms with Gasteiger partial charge in [-0.05, 0) is 30.2 Å². The second kappa shape index (κ2) is 6.95. The minimum Gasteiger partial charge on any atom is -0.368 e. The van der Waals surface area contributed by atoms with Crippen LogP contribution in [0.5, 0.6) is 0 Å². The zero-order valence-corrected chi connectivity index (χ0v) is 12.2. The van der Waals surface area contributed by atoms with Crippen LogP contribution in [0.1, 0.15) is 17.5 Å². The van der Waals surface area contributed by atoms with Crippen molar-refractivity contribution < 1.29 is 9.59 Å². The van der Waals surface area contributed by atoms with Crippen LogP contribution >= 0.6 is 15.9 Å². The lowest BCUT2D eigenvalue weighted by Crippen LogP contribution is -2.44. The summed E-state index contributed by atoms with van der Waals surface area (Å²) in [5, 5.41) is 2.54. The van der Waals surface area contributed by atoms with Gasteiger partial charge in [0.15, 0.2) is 0 Å². The van der Waals surface area contributed by atoms with E-state index in [9.17, 15) is 9.59 Å². The number of rotatable bonds is 5. The highest BCUT2D eigenvalue weighted by molar-refractivity contribution is 9.10. The largest absolute Gasteiger partial charge is 0.368 e. The van der Waals surface area contributed by atoms with Gasteiger partial charge in [-0.1, -0.05) is 22.0 Å². The molecule has 0 unspecified atom stereocenters. The first-order valence-corrected chi connectivity index (χ1v) is 6.50. The Labute approximate surface area is 120 Å². The third kappa shape index (κ3) is 4.76. The summed E-state index contributed by atoms with van der Waals surface area (Å²) in [6, 6.07) is 4.84. The Morgan fingerprint density at radius 2 is 2.21 bits per heavy atom. The zero-order valence-electron chi connectivity index (χ0n) is 10.6. The van der Waals surface area contributed by atoms with E-state index in [-0.39, 0.29) is 18.7 Å². The van der Waals surface area contributed by atoms with E-state index in [0.717, 1.165) is 15.6 Å². The van der Waals surface area contributed by atoms with Crippen molar-refractivity contribution in [3.05, 3.63) is 33.8 Å². The lowest BCUT2D eigenvalue weighted by Gasteiger charge is -2.13. The normalized spacial score (nSPS) is 11.4. The number of nitrogens with two attached hydrogens (primary N) is 1. The van der Waals surface area contributed by atoms with E-state index in [4.69, 9.17) is 12.2 Å². The maximum atomic E-state index is 11.8. The minimum absolute atomic E-state index is 0.0976. The fourth-order valence-electron chi connectivity index (χ4n) is 1.62. The molecule has 2 amide bonds. The lowest BCUT2D eigenvalue weighted by atomic mass is 10.1. The molecule has 0 bridgehead atoms. The molecule has 3 N–H and O–H groups in total. The Bertz CT molecular complexity index is 535. The Morgan fingerprint density at radius 1 is 1.53 bits per heavy atom. The molecule has 100 valence electrons. The molecule has 0 saturated carbocycles. The maximum absolute atomic E-state index is 11.8. The monoisotopic (exact) mass is 322 g/mol. The molecule has 0 aromatic heterocycles. The number of hydrogen-bond acceptors (Lipinski definition) is 2. The van der Waals surface area contributed by atoms with Crippen molar-refractivity contribution >= 4 is 27.7 Å². The highest BCUT2D eigenvalue weighted by Gasteiger charge is 2.17. The number of primary amides is 1. The van der Waals surface area contributed by atoms with Gasteiger partial charge >= 0.3 is 0 Å². The molecule has 0 aliphatic rings. The third-order valence-corrected chi connectivity index (χ3v) is 3.15. The summed E-state index contributed by atoms with van der Waals surface area (Å²) >= 11 is 3.36. The van der Waals surface area contributed by atoms with Crippen molar-refractivity contribution in [2.24, 2.45) is 5.73 Å². The van der Waals surface area contributed by atoms with Gasteiger partial charge in [-0.25, -0.2) is 0 Å². The number of aryl methyl sites for hydroxylation is 1. The zero-order chi connectivity index (χ0) is 14.4. The Morgan fingerprint density at radius 3 is 2.74 bits per heavy atom. The molecule has 0 aliphatic carbocycles. The van der Waals surface area contributed by atoms with E-state index in [1.54, 1.807) is 0 Å². The minimum atomic E-state index is -0.812. The van der Waals surface area contributed by atoms with Gasteiger partial charge in [-0.3, -0.25) is 9.59 Å². The number of benzene rings is 1. The number of carbonyl (C=O) groups is 2. The molecule has 4 nitrogen and oxygen atoms in total. The molecule has 1 atom stereocenters. The number of nitrogens with one attached hydrogen (secondary N) is 1. The van der Waals surface area contributed by atoms with E-state index in [1.807, 2.05) is 25.1 Å². The highest BCUT2D eigenvalue weighted by Crippen LogP contribution is 2.16. The van der Waals surface area contributed by atoms with Gasteiger partial charge in [-0.2, -0.15) is 0 Å². The summed E-state index contributed by atoms with van der Waals surface area (Å²) < 4.78 is 0.955. The van der Waals surface area contributed by atoms with Crippen LogP contribution in [0.2, 0.25) is 0 Å². The second-order valence-electron chi connectivity index (χ2n) is 4.18. The smallest absolute Gasteiger partial charge is 0.240 e. The molecule has 1 aromatic carbocycles. The number of terminal acetylenes is 1. The molecule has 1 rings (SSSR count). The van der Waals surface area contributed by atoms with Gasteiger partial charge in [0.05, 0.1) is 6.42 Å². The van der Waals surface area contributed by atoms with E-state index in [0.29, 0.717) is 0 Å². The van der Waals surface area contributed by atoms with E-state index < -0.39 is 11.9 Å². The van der Waals surface area contributed by atoms with Crippen molar-refractivity contribution in [1.29, 1.82) is 0 Å². The van der Waals surface area contributed by atoms with Crippen LogP contribution < -0.4 is 11.1 Å². The summed E-state index contributed by atoms with van der Waals surface area (Å²) in [6.07, 6.45) is 5.41. The van der Waals surface area contributed by atoms with E-state index in [2.05, 4.69) is 27.2 Å². The Balaban J connectivity index is 2.69. The second-order valence-corrected chi connectivity index (χ2v) is 5.09. The third-order valence-electron chi connectivity index (χ3n) is 2.66. The fourth-order valence-corrected chi connectivity index (χ4v) is 2.09. The van der Waals surface area contributed by atoms with Crippen LogP contribution in [0.4, 0.5) is 0 Å². The van der Waals surface area contributed by atoms with Crippen molar-refractivity contribution in [3.8, 4) is 12.3 Å². The Hall–Kier alpha value is -1.80. The standard InChI is InChI=1S/C14H15BrN2O2/c1-3-4-12(14(16)19)17-13(18)8-10-5-6-11(15)7-9(10)2/h1,5-7,12H,4,8H2,2H3,(H2,16,19)(H,17,18)/t12-/m1/s1. The fraction of sp³-hybridized carbons (Fsp3) is 0.286. The number of hydrogen-bond donors (Lipinski definition) is 2. The van der Waals surface area contributed by atoms with Crippen LogP contribution in [0, 0.1) is 19.3 Å². The molecular weight excluding hydrogens is 308 g/mol. The van der Waals surface area contributed by atoms with Crippen molar-refractivity contribution in [3.63, 3.8) is 0 Å². The first-order chi connectivity index (χ1) is 8.93. The predicted octanol–water partition coefficient (Wildman–Crippen LogP) is 1.29. The average molecular weight is 323 g/mol. The molecule has 0 saturated heterocycles. The lowest BCUT2D eigenvalue weighted by molar-refractivity contribution is -0.126. The molecule has 0 radical (unpaired) electrons. The number of halogens is 1. The van der Waals surface area contributed by atoms with Crippen molar-refractivity contribution in [2.45, 2.75) is 25.8 Å². The van der Waals surface area contributed by atoms with Gasteiger partial charge in [0, 0.05) is 10.9 Å². The van der Waals surface area contributed by atoms with Crippen LogP contribution in [0.15, 0.2) is 22.7 Å². The van der Waals surface area contributed by atoms with Crippen LogP contribution in [0.25, 0.3) is 0 Å². The highest BCUT2D eigenvalue weighted by atomic mass is 79.9. The van der Waals surface area contributed by atoms with Crippen LogP contribution in [-0.2, 0) is 16.0 Å². The van der Waals surface area contributed by atoms with Gasteiger partial charge in [0.1, 0.15) is 6.04 Å². The summed E-state index contributed by atoms with van der Waals surface area (Å²) in [5.74, 6) is 1.42. The quantitative estimate of drug-likeness (QED) is 0.802. The summed E-state index contributed by atoms with van der Waals surface area (Å²) in [7, 11) is 0. The molecule has 0 fully saturated rings.